The summed E-state index contributed by atoms with van der Waals surface area (Å²) in [6.07, 6.45) is 0.667. The molecule has 0 spiro atoms. The number of carbonyl (C=O) groups is 2. The minimum Gasteiger partial charge on any atom is -0.457 e. The first-order valence-electron chi connectivity index (χ1n) is 9.59. The van der Waals surface area contributed by atoms with Crippen molar-refractivity contribution < 1.29 is 19.5 Å². The van der Waals surface area contributed by atoms with Crippen molar-refractivity contribution >= 4 is 23.2 Å². The molecule has 7 nitrogen and oxygen atoms in total. The molecule has 3 aromatic carbocycles. The molecule has 0 aliphatic carbocycles. The van der Waals surface area contributed by atoms with E-state index in [1.807, 2.05) is 54.6 Å². The van der Waals surface area contributed by atoms with Crippen molar-refractivity contribution in [2.75, 3.05) is 16.8 Å². The Morgan fingerprint density at radius 2 is 1.60 bits per heavy atom. The highest BCUT2D eigenvalue weighted by atomic mass is 16.5. The van der Waals surface area contributed by atoms with Crippen LogP contribution in [-0.2, 0) is 4.79 Å². The summed E-state index contributed by atoms with van der Waals surface area (Å²) in [4.78, 5) is 26.0. The Morgan fingerprint density at radius 1 is 0.933 bits per heavy atom. The van der Waals surface area contributed by atoms with E-state index in [9.17, 15) is 9.59 Å². The van der Waals surface area contributed by atoms with Gasteiger partial charge in [0.25, 0.3) is 5.91 Å². The van der Waals surface area contributed by atoms with Crippen molar-refractivity contribution in [3.05, 3.63) is 84.4 Å². The number of hydroxylamine groups is 1. The standard InChI is InChI=1S/C23H21N3O4/c27-22(25-29)16-6-8-17(9-7-16)24-21-14-15-26(23(21)28)18-10-12-20(13-11-18)30-19-4-2-1-3-5-19/h1-13,21,24,29H,14-15H2,(H,25,27). The molecular formula is C23H21N3O4. The molecule has 1 fully saturated rings. The number of nitrogens with one attached hydrogen (secondary N) is 2. The maximum atomic E-state index is 12.8. The fraction of sp³-hybridized carbons (Fsp3) is 0.130. The van der Waals surface area contributed by atoms with Gasteiger partial charge in [-0.3, -0.25) is 14.8 Å². The number of para-hydroxylation sites is 1. The minimum atomic E-state index is -0.579. The second-order valence-electron chi connectivity index (χ2n) is 6.90. The van der Waals surface area contributed by atoms with Gasteiger partial charge in [-0.2, -0.15) is 0 Å². The Morgan fingerprint density at radius 3 is 2.27 bits per heavy atom. The average Bonchev–Trinajstić information content (AvgIpc) is 3.15. The Hall–Kier alpha value is -3.84. The molecule has 152 valence electrons. The molecule has 4 rings (SSSR count). The van der Waals surface area contributed by atoms with Gasteiger partial charge in [0.15, 0.2) is 0 Å². The van der Waals surface area contributed by atoms with E-state index in [0.717, 1.165) is 17.1 Å². The van der Waals surface area contributed by atoms with Gasteiger partial charge >= 0.3 is 0 Å². The lowest BCUT2D eigenvalue weighted by Crippen LogP contribution is -2.33. The van der Waals surface area contributed by atoms with Crippen LogP contribution < -0.4 is 20.4 Å². The highest BCUT2D eigenvalue weighted by Crippen LogP contribution is 2.28. The molecule has 1 aliphatic rings. The summed E-state index contributed by atoms with van der Waals surface area (Å²) in [5.41, 5.74) is 3.48. The molecule has 0 aromatic heterocycles. The van der Waals surface area contributed by atoms with Crippen molar-refractivity contribution in [2.24, 2.45) is 0 Å². The number of rotatable bonds is 6. The van der Waals surface area contributed by atoms with Crippen LogP contribution in [0.3, 0.4) is 0 Å². The van der Waals surface area contributed by atoms with Crippen LogP contribution in [0.4, 0.5) is 11.4 Å². The fourth-order valence-corrected chi connectivity index (χ4v) is 3.37. The van der Waals surface area contributed by atoms with Crippen LogP contribution in [-0.4, -0.2) is 29.6 Å². The largest absolute Gasteiger partial charge is 0.457 e. The summed E-state index contributed by atoms with van der Waals surface area (Å²) in [6, 6.07) is 23.2. The van der Waals surface area contributed by atoms with Crippen LogP contribution in [0, 0.1) is 0 Å². The lowest BCUT2D eigenvalue weighted by atomic mass is 10.1. The first kappa shape index (κ1) is 19.5. The highest BCUT2D eigenvalue weighted by Gasteiger charge is 2.32. The van der Waals surface area contributed by atoms with E-state index < -0.39 is 5.91 Å². The summed E-state index contributed by atoms with van der Waals surface area (Å²) in [5.74, 6) is 0.876. The second-order valence-corrected chi connectivity index (χ2v) is 6.90. The summed E-state index contributed by atoms with van der Waals surface area (Å²) in [7, 11) is 0. The molecule has 3 N–H and O–H groups in total. The molecule has 1 heterocycles. The number of amides is 2. The number of ether oxygens (including phenoxy) is 1. The van der Waals surface area contributed by atoms with E-state index in [1.165, 1.54) is 0 Å². The number of carbonyl (C=O) groups excluding carboxylic acids is 2. The van der Waals surface area contributed by atoms with E-state index in [-0.39, 0.29) is 11.9 Å². The van der Waals surface area contributed by atoms with E-state index >= 15 is 0 Å². The van der Waals surface area contributed by atoms with Gasteiger partial charge in [-0.05, 0) is 67.1 Å². The van der Waals surface area contributed by atoms with Gasteiger partial charge in [0.05, 0.1) is 0 Å². The fourth-order valence-electron chi connectivity index (χ4n) is 3.37. The zero-order valence-corrected chi connectivity index (χ0v) is 16.1. The van der Waals surface area contributed by atoms with Gasteiger partial charge in [-0.15, -0.1) is 0 Å². The maximum Gasteiger partial charge on any atom is 0.274 e. The van der Waals surface area contributed by atoms with Gasteiger partial charge in [0.1, 0.15) is 17.5 Å². The Balaban J connectivity index is 1.38. The Kier molecular flexibility index (Phi) is 5.63. The minimum absolute atomic E-state index is 0.0103. The monoisotopic (exact) mass is 403 g/mol. The third-order valence-corrected chi connectivity index (χ3v) is 4.92. The molecule has 7 heteroatoms. The van der Waals surface area contributed by atoms with Gasteiger partial charge in [0, 0.05) is 23.5 Å². The van der Waals surface area contributed by atoms with Crippen LogP contribution in [0.1, 0.15) is 16.8 Å². The predicted octanol–water partition coefficient (Wildman–Crippen LogP) is 3.82. The summed E-state index contributed by atoms with van der Waals surface area (Å²) in [5, 5.41) is 11.9. The number of benzene rings is 3. The average molecular weight is 403 g/mol. The SMILES string of the molecule is O=C(NO)c1ccc(NC2CCN(c3ccc(Oc4ccccc4)cc3)C2=O)cc1. The lowest BCUT2D eigenvalue weighted by Gasteiger charge is -2.18. The van der Waals surface area contributed by atoms with E-state index in [1.54, 1.807) is 34.6 Å². The topological polar surface area (TPSA) is 90.9 Å². The van der Waals surface area contributed by atoms with Crippen LogP contribution in [0.25, 0.3) is 0 Å². The number of hydrogen-bond acceptors (Lipinski definition) is 5. The van der Waals surface area contributed by atoms with Crippen molar-refractivity contribution in [2.45, 2.75) is 12.5 Å². The van der Waals surface area contributed by atoms with Gasteiger partial charge in [-0.25, -0.2) is 5.48 Å². The van der Waals surface area contributed by atoms with Crippen molar-refractivity contribution in [3.63, 3.8) is 0 Å². The highest BCUT2D eigenvalue weighted by molar-refractivity contribution is 6.01. The third kappa shape index (κ3) is 4.26. The number of anilines is 2. The molecule has 30 heavy (non-hydrogen) atoms. The molecule has 2 amide bonds. The molecule has 1 aliphatic heterocycles. The first-order valence-corrected chi connectivity index (χ1v) is 9.59. The zero-order chi connectivity index (χ0) is 20.9. The molecule has 1 saturated heterocycles. The normalized spacial score (nSPS) is 15.7. The van der Waals surface area contributed by atoms with Gasteiger partial charge in [-0.1, -0.05) is 18.2 Å². The predicted molar refractivity (Wildman–Crippen MR) is 113 cm³/mol. The first-order chi connectivity index (χ1) is 14.6. The van der Waals surface area contributed by atoms with Crippen LogP contribution in [0.5, 0.6) is 11.5 Å². The van der Waals surface area contributed by atoms with E-state index in [0.29, 0.717) is 24.3 Å². The van der Waals surface area contributed by atoms with Crippen molar-refractivity contribution in [3.8, 4) is 11.5 Å². The third-order valence-electron chi connectivity index (χ3n) is 4.92. The lowest BCUT2D eigenvalue weighted by molar-refractivity contribution is -0.117. The number of hydrogen-bond donors (Lipinski definition) is 3. The van der Waals surface area contributed by atoms with E-state index in [2.05, 4.69) is 5.32 Å². The maximum absolute atomic E-state index is 12.8. The summed E-state index contributed by atoms with van der Waals surface area (Å²) >= 11 is 0. The van der Waals surface area contributed by atoms with Gasteiger partial charge < -0.3 is 15.0 Å². The second kappa shape index (κ2) is 8.67. The summed E-state index contributed by atoms with van der Waals surface area (Å²) < 4.78 is 5.80. The van der Waals surface area contributed by atoms with Crippen LogP contribution in [0.2, 0.25) is 0 Å². The molecule has 0 radical (unpaired) electrons. The van der Waals surface area contributed by atoms with Crippen LogP contribution in [0.15, 0.2) is 78.9 Å². The molecule has 1 unspecified atom stereocenters. The Labute approximate surface area is 173 Å². The van der Waals surface area contributed by atoms with Crippen LogP contribution >= 0.6 is 0 Å². The Bertz CT molecular complexity index is 1020. The molecule has 1 atom stereocenters. The zero-order valence-electron chi connectivity index (χ0n) is 16.1. The molecular weight excluding hydrogens is 382 g/mol. The van der Waals surface area contributed by atoms with Gasteiger partial charge in [0.2, 0.25) is 5.91 Å². The van der Waals surface area contributed by atoms with Crippen molar-refractivity contribution in [1.82, 2.24) is 5.48 Å². The molecule has 0 bridgehead atoms. The smallest absolute Gasteiger partial charge is 0.274 e. The van der Waals surface area contributed by atoms with Crippen molar-refractivity contribution in [1.29, 1.82) is 0 Å². The quantitative estimate of drug-likeness (QED) is 0.430. The molecule has 0 saturated carbocycles. The molecule has 3 aromatic rings. The van der Waals surface area contributed by atoms with E-state index in [4.69, 9.17) is 9.94 Å². The summed E-state index contributed by atoms with van der Waals surface area (Å²) in [6.45, 7) is 0.611. The number of nitrogens with zero attached hydrogens (tertiary/aromatic N) is 1.